The number of aromatic amines is 1. The fourth-order valence-corrected chi connectivity index (χ4v) is 4.86. The van der Waals surface area contributed by atoms with Crippen molar-refractivity contribution in [2.75, 3.05) is 14.2 Å². The normalized spacial score (nSPS) is 11.6. The molecule has 0 fully saturated rings. The number of nitrogens with one attached hydrogen (secondary N) is 1. The van der Waals surface area contributed by atoms with Crippen molar-refractivity contribution in [1.29, 1.82) is 0 Å². The molecule has 0 aliphatic carbocycles. The lowest BCUT2D eigenvalue weighted by Crippen LogP contribution is -1.86. The molecule has 0 aliphatic rings. The molecule has 1 heterocycles. The molecule has 1 aromatic heterocycles. The molecule has 0 atom stereocenters. The largest absolute Gasteiger partial charge is 0.496 e. The summed E-state index contributed by atoms with van der Waals surface area (Å²) in [7, 11) is 3.29. The fraction of sp³-hybridized carbons (Fsp3) is 0.0690. The van der Waals surface area contributed by atoms with Crippen LogP contribution in [0.5, 0.6) is 11.5 Å². The van der Waals surface area contributed by atoms with Crippen LogP contribution in [0.3, 0.4) is 0 Å². The highest BCUT2D eigenvalue weighted by Crippen LogP contribution is 2.28. The third-order valence-electron chi connectivity index (χ3n) is 5.68. The Balaban J connectivity index is 1.31. The number of H-pyrrole nitrogens is 1. The second-order valence-corrected chi connectivity index (χ2v) is 9.85. The van der Waals surface area contributed by atoms with Crippen molar-refractivity contribution in [2.45, 2.75) is 0 Å². The summed E-state index contributed by atoms with van der Waals surface area (Å²) in [6.07, 6.45) is 3.65. The van der Waals surface area contributed by atoms with Crippen molar-refractivity contribution in [3.8, 4) is 22.9 Å². The first kappa shape index (κ1) is 24.9. The number of nitrogens with zero attached hydrogens (tertiary/aromatic N) is 3. The van der Waals surface area contributed by atoms with Crippen LogP contribution in [0.15, 0.2) is 97.8 Å². The van der Waals surface area contributed by atoms with Gasteiger partial charge in [-0.25, -0.2) is 4.98 Å². The number of halogens is 2. The first-order valence-corrected chi connectivity index (χ1v) is 13.0. The summed E-state index contributed by atoms with van der Waals surface area (Å²) >= 11 is 7.01. The first-order chi connectivity index (χ1) is 18.0. The molecule has 0 unspecified atom stereocenters. The average Bonchev–Trinajstić information content (AvgIpc) is 3.35. The summed E-state index contributed by atoms with van der Waals surface area (Å²) < 4.78 is 12.3. The maximum Gasteiger partial charge on any atom is 0.138 e. The molecule has 0 saturated heterocycles. The standard InChI is InChI=1S/C29H22Br2N4O2/c1-36-27-11-3-18(13-23(27)30)16-32-21-7-5-20(6-8-21)29-34-25-10-9-22(15-26(25)35-29)33-17-19-4-12-28(37-2)24(31)14-19/h3-17H,1-2H3,(H,34,35). The van der Waals surface area contributed by atoms with Crippen molar-refractivity contribution >= 4 is 66.7 Å². The third-order valence-corrected chi connectivity index (χ3v) is 6.92. The third kappa shape index (κ3) is 5.81. The van der Waals surface area contributed by atoms with E-state index in [1.54, 1.807) is 14.2 Å². The Hall–Kier alpha value is -3.75. The van der Waals surface area contributed by atoms with E-state index in [2.05, 4.69) is 46.8 Å². The summed E-state index contributed by atoms with van der Waals surface area (Å²) in [5.74, 6) is 2.37. The van der Waals surface area contributed by atoms with Crippen LogP contribution in [0.4, 0.5) is 11.4 Å². The predicted octanol–water partition coefficient (Wildman–Crippen LogP) is 8.27. The van der Waals surface area contributed by atoms with Gasteiger partial charge >= 0.3 is 0 Å². The molecule has 0 spiro atoms. The Bertz CT molecular complexity index is 1630. The Labute approximate surface area is 231 Å². The molecule has 5 aromatic rings. The van der Waals surface area contributed by atoms with Crippen LogP contribution in [0.1, 0.15) is 11.1 Å². The van der Waals surface area contributed by atoms with E-state index in [-0.39, 0.29) is 0 Å². The van der Waals surface area contributed by atoms with E-state index in [9.17, 15) is 0 Å². The number of hydrogen-bond acceptors (Lipinski definition) is 5. The quantitative estimate of drug-likeness (QED) is 0.187. The molecule has 1 N–H and O–H groups in total. The number of fused-ring (bicyclic) bond motifs is 1. The van der Waals surface area contributed by atoms with Gasteiger partial charge in [0.25, 0.3) is 0 Å². The van der Waals surface area contributed by atoms with E-state index in [1.807, 2.05) is 91.3 Å². The summed E-state index contributed by atoms with van der Waals surface area (Å²) in [4.78, 5) is 17.3. The molecule has 5 rings (SSSR count). The number of methoxy groups -OCH3 is 2. The number of imidazole rings is 1. The Morgan fingerprint density at radius 2 is 1.27 bits per heavy atom. The highest BCUT2D eigenvalue weighted by molar-refractivity contribution is 9.10. The maximum atomic E-state index is 5.28. The minimum atomic E-state index is 0.786. The van der Waals surface area contributed by atoms with Gasteiger partial charge in [-0.2, -0.15) is 0 Å². The molecule has 184 valence electrons. The number of aliphatic imine (C=N–C) groups is 2. The Kier molecular flexibility index (Phi) is 7.48. The SMILES string of the molecule is COc1ccc(C=Nc2ccc(-c3nc4ccc(N=Cc5ccc(OC)c(Br)c5)cc4[nH]3)cc2)cc1Br. The highest BCUT2D eigenvalue weighted by atomic mass is 79.9. The summed E-state index contributed by atoms with van der Waals surface area (Å²) in [5.41, 5.74) is 6.43. The fourth-order valence-electron chi connectivity index (χ4n) is 3.74. The highest BCUT2D eigenvalue weighted by Gasteiger charge is 2.07. The number of benzene rings is 4. The summed E-state index contributed by atoms with van der Waals surface area (Å²) in [6, 6.07) is 25.6. The van der Waals surface area contributed by atoms with Gasteiger partial charge in [0.2, 0.25) is 0 Å². The van der Waals surface area contributed by atoms with Gasteiger partial charge in [-0.05, 0) is 122 Å². The van der Waals surface area contributed by atoms with E-state index in [4.69, 9.17) is 14.5 Å². The van der Waals surface area contributed by atoms with Gasteiger partial charge in [0, 0.05) is 18.0 Å². The van der Waals surface area contributed by atoms with E-state index >= 15 is 0 Å². The number of rotatable bonds is 7. The van der Waals surface area contributed by atoms with E-state index in [0.717, 1.165) is 65.4 Å². The van der Waals surface area contributed by atoms with Crippen LogP contribution in [-0.2, 0) is 0 Å². The number of hydrogen-bond donors (Lipinski definition) is 1. The van der Waals surface area contributed by atoms with Crippen molar-refractivity contribution in [1.82, 2.24) is 9.97 Å². The van der Waals surface area contributed by atoms with E-state index in [0.29, 0.717) is 0 Å². The molecule has 8 heteroatoms. The van der Waals surface area contributed by atoms with Crippen LogP contribution in [-0.4, -0.2) is 36.6 Å². The molecule has 37 heavy (non-hydrogen) atoms. The van der Waals surface area contributed by atoms with Crippen molar-refractivity contribution in [2.24, 2.45) is 9.98 Å². The monoisotopic (exact) mass is 616 g/mol. The minimum absolute atomic E-state index is 0.786. The average molecular weight is 618 g/mol. The van der Waals surface area contributed by atoms with Crippen molar-refractivity contribution in [3.63, 3.8) is 0 Å². The molecule has 0 saturated carbocycles. The zero-order chi connectivity index (χ0) is 25.8. The number of ether oxygens (including phenoxy) is 2. The zero-order valence-corrected chi connectivity index (χ0v) is 23.2. The smallest absolute Gasteiger partial charge is 0.138 e. The maximum absolute atomic E-state index is 5.28. The van der Waals surface area contributed by atoms with Crippen molar-refractivity contribution in [3.05, 3.63) is 98.9 Å². The van der Waals surface area contributed by atoms with Crippen LogP contribution in [0, 0.1) is 0 Å². The first-order valence-electron chi connectivity index (χ1n) is 11.4. The molecular formula is C29H22Br2N4O2. The Morgan fingerprint density at radius 1 is 0.703 bits per heavy atom. The van der Waals surface area contributed by atoms with Crippen LogP contribution < -0.4 is 9.47 Å². The van der Waals surface area contributed by atoms with Gasteiger partial charge in [-0.3, -0.25) is 9.98 Å². The summed E-state index contributed by atoms with van der Waals surface area (Å²) in [5, 5.41) is 0. The van der Waals surface area contributed by atoms with E-state index < -0.39 is 0 Å². The second kappa shape index (κ2) is 11.1. The predicted molar refractivity (Wildman–Crippen MR) is 157 cm³/mol. The van der Waals surface area contributed by atoms with Gasteiger partial charge in [-0.1, -0.05) is 0 Å². The Morgan fingerprint density at radius 3 is 1.84 bits per heavy atom. The van der Waals surface area contributed by atoms with Gasteiger partial charge < -0.3 is 14.5 Å². The topological polar surface area (TPSA) is 71.9 Å². The lowest BCUT2D eigenvalue weighted by Gasteiger charge is -2.03. The van der Waals surface area contributed by atoms with Crippen LogP contribution in [0.25, 0.3) is 22.4 Å². The number of aromatic nitrogens is 2. The lowest BCUT2D eigenvalue weighted by molar-refractivity contribution is 0.412. The molecule has 0 aliphatic heterocycles. The molecule has 6 nitrogen and oxygen atoms in total. The van der Waals surface area contributed by atoms with Crippen LogP contribution >= 0.6 is 31.9 Å². The molecule has 0 bridgehead atoms. The molecule has 0 radical (unpaired) electrons. The second-order valence-electron chi connectivity index (χ2n) is 8.14. The van der Waals surface area contributed by atoms with E-state index in [1.165, 1.54) is 0 Å². The van der Waals surface area contributed by atoms with Crippen molar-refractivity contribution < 1.29 is 9.47 Å². The van der Waals surface area contributed by atoms with Gasteiger partial charge in [0.05, 0.1) is 45.6 Å². The molecule has 0 amide bonds. The zero-order valence-electron chi connectivity index (χ0n) is 20.1. The molecule has 4 aromatic carbocycles. The van der Waals surface area contributed by atoms with Gasteiger partial charge in [0.15, 0.2) is 0 Å². The van der Waals surface area contributed by atoms with Gasteiger partial charge in [-0.15, -0.1) is 0 Å². The summed E-state index contributed by atoms with van der Waals surface area (Å²) in [6.45, 7) is 0. The molecular weight excluding hydrogens is 596 g/mol. The minimum Gasteiger partial charge on any atom is -0.496 e. The van der Waals surface area contributed by atoms with Gasteiger partial charge in [0.1, 0.15) is 17.3 Å². The van der Waals surface area contributed by atoms with Crippen LogP contribution in [0.2, 0.25) is 0 Å². The lowest BCUT2D eigenvalue weighted by atomic mass is 10.2.